The van der Waals surface area contributed by atoms with Crippen molar-refractivity contribution in [2.24, 2.45) is 5.92 Å². The third kappa shape index (κ3) is 6.13. The van der Waals surface area contributed by atoms with E-state index in [4.69, 9.17) is 0 Å². The zero-order valence-corrected chi connectivity index (χ0v) is 20.9. The van der Waals surface area contributed by atoms with Gasteiger partial charge in [0.2, 0.25) is 5.91 Å². The number of benzene rings is 2. The van der Waals surface area contributed by atoms with E-state index in [2.05, 4.69) is 22.0 Å². The molecule has 0 aliphatic carbocycles. The molecule has 0 bridgehead atoms. The van der Waals surface area contributed by atoms with Gasteiger partial charge in [-0.25, -0.2) is 0 Å². The molecular weight excluding hydrogens is 476 g/mol. The molecular formula is C27H26N4O2S2. The molecule has 3 aromatic rings. The fourth-order valence-electron chi connectivity index (χ4n) is 4.09. The van der Waals surface area contributed by atoms with Gasteiger partial charge in [-0.1, -0.05) is 54.6 Å². The third-order valence-corrected chi connectivity index (χ3v) is 7.92. The Morgan fingerprint density at radius 3 is 2.43 bits per heavy atom. The van der Waals surface area contributed by atoms with E-state index >= 15 is 0 Å². The van der Waals surface area contributed by atoms with Crippen molar-refractivity contribution >= 4 is 40.6 Å². The molecule has 0 fully saturated rings. The van der Waals surface area contributed by atoms with Gasteiger partial charge >= 0.3 is 0 Å². The molecule has 178 valence electrons. The molecule has 1 aromatic heterocycles. The number of carbonyl (C=O) groups is 2. The Morgan fingerprint density at radius 1 is 1.06 bits per heavy atom. The van der Waals surface area contributed by atoms with Crippen LogP contribution in [0.15, 0.2) is 89.4 Å². The Balaban J connectivity index is 1.50. The summed E-state index contributed by atoms with van der Waals surface area (Å²) >= 11 is 2.92. The van der Waals surface area contributed by atoms with E-state index in [-0.39, 0.29) is 22.9 Å². The zero-order chi connectivity index (χ0) is 24.6. The normalized spacial score (nSPS) is 19.4. The number of nitriles is 1. The van der Waals surface area contributed by atoms with Crippen LogP contribution in [0.25, 0.3) is 0 Å². The maximum Gasteiger partial charge on any atom is 0.254 e. The van der Waals surface area contributed by atoms with Crippen molar-refractivity contribution < 1.29 is 9.59 Å². The molecule has 1 aliphatic heterocycles. The second-order valence-electron chi connectivity index (χ2n) is 8.15. The monoisotopic (exact) mass is 502 g/mol. The molecule has 3 atom stereocenters. The first-order chi connectivity index (χ1) is 17.1. The number of thiophene rings is 1. The second kappa shape index (κ2) is 11.7. The van der Waals surface area contributed by atoms with Crippen molar-refractivity contribution in [3.05, 3.63) is 99.9 Å². The number of carbonyl (C=O) groups excluding carboxylic acids is 2. The first-order valence-corrected chi connectivity index (χ1v) is 13.2. The number of hydrogen-bond acceptors (Lipinski definition) is 6. The van der Waals surface area contributed by atoms with E-state index in [0.717, 1.165) is 10.4 Å². The van der Waals surface area contributed by atoms with Crippen molar-refractivity contribution in [1.29, 1.82) is 5.26 Å². The highest BCUT2D eigenvalue weighted by Gasteiger charge is 2.42. The average Bonchev–Trinajstić information content (AvgIpc) is 3.41. The van der Waals surface area contributed by atoms with Gasteiger partial charge in [-0.05, 0) is 36.1 Å². The minimum atomic E-state index is -0.527. The van der Waals surface area contributed by atoms with Gasteiger partial charge in [-0.2, -0.15) is 5.26 Å². The van der Waals surface area contributed by atoms with Gasteiger partial charge in [-0.15, -0.1) is 23.1 Å². The summed E-state index contributed by atoms with van der Waals surface area (Å²) in [6.07, 6.45) is 0. The molecule has 3 unspecified atom stereocenters. The van der Waals surface area contributed by atoms with Gasteiger partial charge in [0.1, 0.15) is 0 Å². The van der Waals surface area contributed by atoms with Crippen LogP contribution in [0, 0.1) is 17.2 Å². The summed E-state index contributed by atoms with van der Waals surface area (Å²) in [4.78, 5) is 26.8. The molecule has 35 heavy (non-hydrogen) atoms. The van der Waals surface area contributed by atoms with Crippen LogP contribution in [0.2, 0.25) is 0 Å². The van der Waals surface area contributed by atoms with Gasteiger partial charge in [0.05, 0.1) is 23.1 Å². The van der Waals surface area contributed by atoms with Crippen molar-refractivity contribution in [3.63, 3.8) is 0 Å². The molecule has 2 aromatic carbocycles. The lowest BCUT2D eigenvalue weighted by Gasteiger charge is -2.37. The largest absolute Gasteiger partial charge is 0.375 e. The highest BCUT2D eigenvalue weighted by Crippen LogP contribution is 2.43. The van der Waals surface area contributed by atoms with Crippen LogP contribution in [0.4, 0.5) is 5.69 Å². The van der Waals surface area contributed by atoms with E-state index in [1.54, 1.807) is 0 Å². The van der Waals surface area contributed by atoms with Crippen LogP contribution in [-0.4, -0.2) is 22.9 Å². The summed E-state index contributed by atoms with van der Waals surface area (Å²) in [5, 5.41) is 21.0. The van der Waals surface area contributed by atoms with E-state index in [1.165, 1.54) is 23.1 Å². The molecule has 0 saturated carbocycles. The summed E-state index contributed by atoms with van der Waals surface area (Å²) in [7, 11) is 0. The molecule has 6 nitrogen and oxygen atoms in total. The maximum absolute atomic E-state index is 13.4. The van der Waals surface area contributed by atoms with Crippen molar-refractivity contribution in [1.82, 2.24) is 10.6 Å². The molecule has 0 radical (unpaired) electrons. The van der Waals surface area contributed by atoms with Crippen molar-refractivity contribution in [2.75, 3.05) is 11.1 Å². The lowest BCUT2D eigenvalue weighted by molar-refractivity contribution is -0.118. The van der Waals surface area contributed by atoms with E-state index in [0.29, 0.717) is 23.5 Å². The van der Waals surface area contributed by atoms with Gasteiger partial charge in [0.25, 0.3) is 5.91 Å². The van der Waals surface area contributed by atoms with Gasteiger partial charge in [0, 0.05) is 34.3 Å². The smallest absolute Gasteiger partial charge is 0.254 e. The van der Waals surface area contributed by atoms with Crippen LogP contribution in [0.1, 0.15) is 23.3 Å². The lowest BCUT2D eigenvalue weighted by atomic mass is 9.81. The Morgan fingerprint density at radius 2 is 1.77 bits per heavy atom. The van der Waals surface area contributed by atoms with Gasteiger partial charge in [-0.3, -0.25) is 9.59 Å². The summed E-state index contributed by atoms with van der Waals surface area (Å²) < 4.78 is 0. The summed E-state index contributed by atoms with van der Waals surface area (Å²) in [6.45, 7) is 2.32. The van der Waals surface area contributed by atoms with Gasteiger partial charge < -0.3 is 16.0 Å². The fraction of sp³-hybridized carbons (Fsp3) is 0.222. The molecule has 0 saturated heterocycles. The quantitative estimate of drug-likeness (QED) is 0.409. The Kier molecular flexibility index (Phi) is 8.24. The van der Waals surface area contributed by atoms with Gasteiger partial charge in [0.15, 0.2) is 0 Å². The Bertz CT molecular complexity index is 1220. The molecule has 3 N–H and O–H groups in total. The number of thioether (sulfide) groups is 1. The van der Waals surface area contributed by atoms with Crippen LogP contribution < -0.4 is 16.0 Å². The Labute approximate surface area is 213 Å². The lowest BCUT2D eigenvalue weighted by Crippen LogP contribution is -2.44. The number of para-hydroxylation sites is 1. The zero-order valence-electron chi connectivity index (χ0n) is 19.2. The number of amides is 2. The number of hydrogen-bond donors (Lipinski definition) is 3. The summed E-state index contributed by atoms with van der Waals surface area (Å²) in [5.74, 6) is -1.04. The predicted molar refractivity (Wildman–Crippen MR) is 142 cm³/mol. The first kappa shape index (κ1) is 24.6. The highest BCUT2D eigenvalue weighted by molar-refractivity contribution is 8.00. The molecule has 2 heterocycles. The average molecular weight is 503 g/mol. The minimum absolute atomic E-state index is 0.0979. The van der Waals surface area contributed by atoms with Crippen LogP contribution in [-0.2, 0) is 16.1 Å². The van der Waals surface area contributed by atoms with E-state index in [9.17, 15) is 14.9 Å². The number of anilines is 1. The Hall–Kier alpha value is -3.54. The second-order valence-corrected chi connectivity index (χ2v) is 10.3. The number of nitrogens with zero attached hydrogens (tertiary/aromatic N) is 1. The number of allylic oxidation sites excluding steroid dienone is 1. The topological polar surface area (TPSA) is 94.0 Å². The van der Waals surface area contributed by atoms with Crippen LogP contribution in [0.5, 0.6) is 0 Å². The van der Waals surface area contributed by atoms with Crippen molar-refractivity contribution in [3.8, 4) is 6.07 Å². The summed E-state index contributed by atoms with van der Waals surface area (Å²) in [5.41, 5.74) is 2.99. The minimum Gasteiger partial charge on any atom is -0.375 e. The first-order valence-electron chi connectivity index (χ1n) is 11.3. The standard InChI is InChI=1S/C27H26N4O2S2/c1-18-24(26(33)31-20-11-6-3-7-12-20)25(22-13-8-14-34-22)21(15-28)27(30-18)35-17-23(32)29-16-19-9-4-2-5-10-19/h2-14,21,25,27,30H,16-17H2,1H3,(H,29,32)(H,31,33). The SMILES string of the molecule is CC1=C(C(=O)Nc2ccccc2)C(c2cccs2)C(C#N)C(SCC(=O)NCc2ccccc2)N1. The van der Waals surface area contributed by atoms with E-state index in [1.807, 2.05) is 85.1 Å². The third-order valence-electron chi connectivity index (χ3n) is 5.76. The highest BCUT2D eigenvalue weighted by atomic mass is 32.2. The van der Waals surface area contributed by atoms with Crippen LogP contribution >= 0.6 is 23.1 Å². The maximum atomic E-state index is 13.4. The number of rotatable bonds is 8. The van der Waals surface area contributed by atoms with E-state index < -0.39 is 11.8 Å². The predicted octanol–water partition coefficient (Wildman–Crippen LogP) is 4.86. The molecule has 1 aliphatic rings. The van der Waals surface area contributed by atoms with Crippen molar-refractivity contribution in [2.45, 2.75) is 24.8 Å². The molecule has 8 heteroatoms. The van der Waals surface area contributed by atoms with Crippen LogP contribution in [0.3, 0.4) is 0 Å². The fourth-order valence-corrected chi connectivity index (χ4v) is 6.09. The molecule has 2 amide bonds. The summed E-state index contributed by atoms with van der Waals surface area (Å²) in [6, 6.07) is 25.3. The number of nitrogens with one attached hydrogen (secondary N) is 3. The molecule has 0 spiro atoms. The molecule has 4 rings (SSSR count).